The van der Waals surface area contributed by atoms with Crippen molar-refractivity contribution in [1.29, 1.82) is 0 Å². The van der Waals surface area contributed by atoms with Crippen molar-refractivity contribution in [2.45, 2.75) is 13.0 Å². The summed E-state index contributed by atoms with van der Waals surface area (Å²) in [7, 11) is 3.29. The fraction of sp³-hybridized carbons (Fsp3) is 0.190. The summed E-state index contributed by atoms with van der Waals surface area (Å²) in [6.45, 7) is 0.649. The molecule has 132 valence electrons. The molecule has 0 aliphatic carbocycles. The van der Waals surface area contributed by atoms with Gasteiger partial charge in [-0.25, -0.2) is 4.98 Å². The Hall–Kier alpha value is -3.21. The molecule has 0 aliphatic rings. The Labute approximate surface area is 151 Å². The monoisotopic (exact) mass is 348 g/mol. The van der Waals surface area contributed by atoms with Crippen LogP contribution < -0.4 is 9.47 Å². The van der Waals surface area contributed by atoms with Gasteiger partial charge in [0.25, 0.3) is 0 Å². The van der Waals surface area contributed by atoms with Crippen LogP contribution in [0, 0.1) is 0 Å². The Bertz CT molecular complexity index is 1020. The molecular weight excluding hydrogens is 328 g/mol. The summed E-state index contributed by atoms with van der Waals surface area (Å²) >= 11 is 0. The van der Waals surface area contributed by atoms with Crippen molar-refractivity contribution in [3.8, 4) is 11.5 Å². The standard InChI is InChI=1S/C21H20N2O3/c1-24-19-10-9-15(12-20(19)25-2)13-21-22-17-7-3-4-8-18(17)23(21)14-16-6-5-11-26-16/h3-12H,13-14H2,1-2H3. The van der Waals surface area contributed by atoms with Gasteiger partial charge in [0, 0.05) is 6.42 Å². The minimum absolute atomic E-state index is 0.649. The molecule has 5 nitrogen and oxygen atoms in total. The van der Waals surface area contributed by atoms with E-state index in [-0.39, 0.29) is 0 Å². The van der Waals surface area contributed by atoms with Gasteiger partial charge in [-0.1, -0.05) is 18.2 Å². The molecule has 5 heteroatoms. The fourth-order valence-corrected chi connectivity index (χ4v) is 3.17. The highest BCUT2D eigenvalue weighted by atomic mass is 16.5. The Balaban J connectivity index is 1.74. The number of hydrogen-bond acceptors (Lipinski definition) is 4. The number of para-hydroxylation sites is 2. The van der Waals surface area contributed by atoms with E-state index in [1.807, 2.05) is 48.5 Å². The zero-order valence-corrected chi connectivity index (χ0v) is 14.8. The fourth-order valence-electron chi connectivity index (χ4n) is 3.17. The third kappa shape index (κ3) is 3.04. The van der Waals surface area contributed by atoms with Crippen molar-refractivity contribution < 1.29 is 13.9 Å². The molecule has 0 atom stereocenters. The van der Waals surface area contributed by atoms with Gasteiger partial charge < -0.3 is 18.5 Å². The Morgan fingerprint density at radius 3 is 2.58 bits per heavy atom. The van der Waals surface area contributed by atoms with Crippen LogP contribution in [0.4, 0.5) is 0 Å². The minimum atomic E-state index is 0.649. The number of rotatable bonds is 6. The number of imidazole rings is 1. The second-order valence-electron chi connectivity index (χ2n) is 6.05. The zero-order valence-electron chi connectivity index (χ0n) is 14.8. The number of ether oxygens (including phenoxy) is 2. The molecule has 2 aromatic carbocycles. The summed E-state index contributed by atoms with van der Waals surface area (Å²) in [5, 5.41) is 0. The molecule has 4 rings (SSSR count). The molecule has 0 unspecified atom stereocenters. The number of aromatic nitrogens is 2. The molecule has 0 aliphatic heterocycles. The molecule has 0 saturated heterocycles. The molecule has 0 N–H and O–H groups in total. The molecule has 0 saturated carbocycles. The average Bonchev–Trinajstić information content (AvgIpc) is 3.30. The van der Waals surface area contributed by atoms with Crippen LogP contribution in [0.15, 0.2) is 65.3 Å². The topological polar surface area (TPSA) is 49.4 Å². The van der Waals surface area contributed by atoms with Gasteiger partial charge in [-0.3, -0.25) is 0 Å². The Morgan fingerprint density at radius 1 is 0.962 bits per heavy atom. The van der Waals surface area contributed by atoms with Crippen molar-refractivity contribution in [2.24, 2.45) is 0 Å². The Kier molecular flexibility index (Phi) is 4.35. The van der Waals surface area contributed by atoms with Crippen LogP contribution in [0.1, 0.15) is 17.1 Å². The normalized spacial score (nSPS) is 11.0. The summed E-state index contributed by atoms with van der Waals surface area (Å²) in [4.78, 5) is 4.84. The van der Waals surface area contributed by atoms with E-state index in [2.05, 4.69) is 10.6 Å². The van der Waals surface area contributed by atoms with Gasteiger partial charge in [0.15, 0.2) is 11.5 Å². The third-order valence-corrected chi connectivity index (χ3v) is 4.44. The van der Waals surface area contributed by atoms with E-state index in [4.69, 9.17) is 18.9 Å². The maximum Gasteiger partial charge on any atom is 0.161 e. The minimum Gasteiger partial charge on any atom is -0.493 e. The van der Waals surface area contributed by atoms with Crippen LogP contribution in [0.2, 0.25) is 0 Å². The lowest BCUT2D eigenvalue weighted by Crippen LogP contribution is -2.05. The summed E-state index contributed by atoms with van der Waals surface area (Å²) in [5.41, 5.74) is 3.19. The first kappa shape index (κ1) is 16.3. The van der Waals surface area contributed by atoms with Gasteiger partial charge in [-0.2, -0.15) is 0 Å². The number of fused-ring (bicyclic) bond motifs is 1. The van der Waals surface area contributed by atoms with Crippen LogP contribution in [0.5, 0.6) is 11.5 Å². The smallest absolute Gasteiger partial charge is 0.161 e. The Morgan fingerprint density at radius 2 is 1.81 bits per heavy atom. The number of benzene rings is 2. The molecule has 0 spiro atoms. The second-order valence-corrected chi connectivity index (χ2v) is 6.05. The molecule has 2 heterocycles. The highest BCUT2D eigenvalue weighted by Crippen LogP contribution is 2.29. The van der Waals surface area contributed by atoms with E-state index < -0.39 is 0 Å². The number of furan rings is 1. The quantitative estimate of drug-likeness (QED) is 0.522. The summed E-state index contributed by atoms with van der Waals surface area (Å²) < 4.78 is 18.5. The van der Waals surface area contributed by atoms with E-state index in [1.165, 1.54) is 0 Å². The number of nitrogens with zero attached hydrogens (tertiary/aromatic N) is 2. The molecule has 4 aromatic rings. The second kappa shape index (κ2) is 6.96. The van der Waals surface area contributed by atoms with Gasteiger partial charge in [-0.05, 0) is 42.0 Å². The highest BCUT2D eigenvalue weighted by molar-refractivity contribution is 5.76. The van der Waals surface area contributed by atoms with Crippen LogP contribution in [-0.4, -0.2) is 23.8 Å². The predicted octanol–water partition coefficient (Wildman–Crippen LogP) is 4.29. The summed E-state index contributed by atoms with van der Waals surface area (Å²) in [6, 6.07) is 18.0. The summed E-state index contributed by atoms with van der Waals surface area (Å²) in [6.07, 6.45) is 2.39. The van der Waals surface area contributed by atoms with E-state index in [0.717, 1.165) is 39.7 Å². The van der Waals surface area contributed by atoms with Crippen molar-refractivity contribution in [3.63, 3.8) is 0 Å². The van der Waals surface area contributed by atoms with Gasteiger partial charge >= 0.3 is 0 Å². The highest BCUT2D eigenvalue weighted by Gasteiger charge is 2.14. The SMILES string of the molecule is COc1ccc(Cc2nc3ccccc3n2Cc2ccco2)cc1OC. The van der Waals surface area contributed by atoms with E-state index in [9.17, 15) is 0 Å². The molecule has 0 radical (unpaired) electrons. The third-order valence-electron chi connectivity index (χ3n) is 4.44. The predicted molar refractivity (Wildman–Crippen MR) is 99.9 cm³/mol. The molecule has 0 fully saturated rings. The first-order valence-electron chi connectivity index (χ1n) is 8.46. The lowest BCUT2D eigenvalue weighted by Gasteiger charge is -2.11. The zero-order chi connectivity index (χ0) is 17.9. The molecule has 0 bridgehead atoms. The first-order chi connectivity index (χ1) is 12.8. The van der Waals surface area contributed by atoms with Crippen LogP contribution in [0.3, 0.4) is 0 Å². The largest absolute Gasteiger partial charge is 0.493 e. The maximum absolute atomic E-state index is 5.54. The molecule has 26 heavy (non-hydrogen) atoms. The van der Waals surface area contributed by atoms with Crippen LogP contribution in [0.25, 0.3) is 11.0 Å². The van der Waals surface area contributed by atoms with Crippen LogP contribution >= 0.6 is 0 Å². The van der Waals surface area contributed by atoms with Crippen LogP contribution in [-0.2, 0) is 13.0 Å². The van der Waals surface area contributed by atoms with E-state index in [0.29, 0.717) is 13.0 Å². The lowest BCUT2D eigenvalue weighted by atomic mass is 10.1. The molecule has 2 aromatic heterocycles. The maximum atomic E-state index is 5.54. The van der Waals surface area contributed by atoms with Gasteiger partial charge in [0.05, 0.1) is 38.1 Å². The van der Waals surface area contributed by atoms with Crippen molar-refractivity contribution >= 4 is 11.0 Å². The van der Waals surface area contributed by atoms with E-state index >= 15 is 0 Å². The average molecular weight is 348 g/mol. The lowest BCUT2D eigenvalue weighted by molar-refractivity contribution is 0.354. The first-order valence-corrected chi connectivity index (χ1v) is 8.46. The summed E-state index contributed by atoms with van der Waals surface area (Å²) in [5.74, 6) is 3.33. The van der Waals surface area contributed by atoms with Gasteiger partial charge in [0.1, 0.15) is 11.6 Å². The van der Waals surface area contributed by atoms with Crippen molar-refractivity contribution in [1.82, 2.24) is 9.55 Å². The van der Waals surface area contributed by atoms with Gasteiger partial charge in [-0.15, -0.1) is 0 Å². The van der Waals surface area contributed by atoms with Gasteiger partial charge in [0.2, 0.25) is 0 Å². The molecule has 0 amide bonds. The van der Waals surface area contributed by atoms with Crippen molar-refractivity contribution in [3.05, 3.63) is 78.0 Å². The number of methoxy groups -OCH3 is 2. The van der Waals surface area contributed by atoms with Crippen molar-refractivity contribution in [2.75, 3.05) is 14.2 Å². The number of hydrogen-bond donors (Lipinski definition) is 0. The van der Waals surface area contributed by atoms with E-state index in [1.54, 1.807) is 20.5 Å². The molecular formula is C21H20N2O3.